The molecule has 0 radical (unpaired) electrons. The highest BCUT2D eigenvalue weighted by Crippen LogP contribution is 2.39. The molecular formula is C14H21BN2O3S. The van der Waals surface area contributed by atoms with E-state index in [0.29, 0.717) is 5.75 Å². The van der Waals surface area contributed by atoms with E-state index in [1.807, 2.05) is 33.8 Å². The average molecular weight is 308 g/mol. The molecule has 0 unspecified atom stereocenters. The smallest absolute Gasteiger partial charge is 0.400 e. The maximum Gasteiger partial charge on any atom is 0.491 e. The zero-order chi connectivity index (χ0) is 15.7. The van der Waals surface area contributed by atoms with E-state index in [4.69, 9.17) is 9.31 Å². The van der Waals surface area contributed by atoms with Gasteiger partial charge in [-0.05, 0) is 39.2 Å². The van der Waals surface area contributed by atoms with Gasteiger partial charge in [-0.1, -0.05) is 11.8 Å². The van der Waals surface area contributed by atoms with E-state index in [1.165, 1.54) is 11.8 Å². The molecule has 2 rings (SSSR count). The third-order valence-electron chi connectivity index (χ3n) is 3.86. The van der Waals surface area contributed by atoms with Crippen LogP contribution in [-0.2, 0) is 14.1 Å². The molecule has 0 aromatic carbocycles. The quantitative estimate of drug-likeness (QED) is 0.866. The summed E-state index contributed by atoms with van der Waals surface area (Å²) < 4.78 is 12.1. The Morgan fingerprint density at radius 3 is 2.48 bits per heavy atom. The standard InChI is InChI=1S/C14H21BN2O3S/c1-10(18)21-8-11(6-12-7-16-9-17-12)15-19-13(2,3)14(4,5)20-15/h6-7,9H,8H2,1-5H3,(H,16,17). The van der Waals surface area contributed by atoms with Gasteiger partial charge in [-0.2, -0.15) is 0 Å². The van der Waals surface area contributed by atoms with Crippen molar-refractivity contribution in [3.63, 3.8) is 0 Å². The normalized spacial score (nSPS) is 20.8. The Morgan fingerprint density at radius 2 is 2.00 bits per heavy atom. The van der Waals surface area contributed by atoms with Gasteiger partial charge in [0.1, 0.15) is 0 Å². The Labute approximate surface area is 130 Å². The molecule has 1 aliphatic rings. The van der Waals surface area contributed by atoms with E-state index >= 15 is 0 Å². The Morgan fingerprint density at radius 1 is 1.38 bits per heavy atom. The first kappa shape index (κ1) is 16.3. The first-order valence-electron chi connectivity index (χ1n) is 6.89. The molecule has 1 aliphatic heterocycles. The number of rotatable bonds is 4. The van der Waals surface area contributed by atoms with Crippen LogP contribution >= 0.6 is 11.8 Å². The van der Waals surface area contributed by atoms with Crippen molar-refractivity contribution in [2.24, 2.45) is 0 Å². The van der Waals surface area contributed by atoms with Gasteiger partial charge in [0, 0.05) is 12.7 Å². The number of H-pyrrole nitrogens is 1. The Balaban J connectivity index is 2.22. The number of carbonyl (C=O) groups is 1. The number of hydrogen-bond acceptors (Lipinski definition) is 5. The van der Waals surface area contributed by atoms with E-state index < -0.39 is 18.3 Å². The van der Waals surface area contributed by atoms with Crippen molar-refractivity contribution >= 4 is 30.1 Å². The number of aromatic nitrogens is 2. The van der Waals surface area contributed by atoms with Crippen molar-refractivity contribution in [1.82, 2.24) is 9.97 Å². The van der Waals surface area contributed by atoms with Crippen LogP contribution < -0.4 is 0 Å². The van der Waals surface area contributed by atoms with Gasteiger partial charge in [0.15, 0.2) is 5.12 Å². The maximum absolute atomic E-state index is 11.3. The van der Waals surface area contributed by atoms with E-state index in [-0.39, 0.29) is 5.12 Å². The fraction of sp³-hybridized carbons (Fsp3) is 0.571. The van der Waals surface area contributed by atoms with Crippen molar-refractivity contribution in [3.05, 3.63) is 23.7 Å². The van der Waals surface area contributed by atoms with Crippen LogP contribution in [0.15, 0.2) is 18.0 Å². The molecule has 2 heterocycles. The lowest BCUT2D eigenvalue weighted by atomic mass is 9.78. The van der Waals surface area contributed by atoms with Gasteiger partial charge in [0.05, 0.1) is 29.4 Å². The van der Waals surface area contributed by atoms with E-state index in [9.17, 15) is 4.79 Å². The highest BCUT2D eigenvalue weighted by Gasteiger charge is 2.52. The average Bonchev–Trinajstić information content (AvgIpc) is 2.91. The second-order valence-electron chi connectivity index (χ2n) is 6.09. The molecule has 114 valence electrons. The third-order valence-corrected chi connectivity index (χ3v) is 4.74. The fourth-order valence-corrected chi connectivity index (χ4v) is 2.49. The van der Waals surface area contributed by atoms with Gasteiger partial charge in [-0.3, -0.25) is 4.79 Å². The summed E-state index contributed by atoms with van der Waals surface area (Å²) in [7, 11) is -0.454. The number of aromatic amines is 1. The molecule has 5 nitrogen and oxygen atoms in total. The van der Waals surface area contributed by atoms with Crippen molar-refractivity contribution in [2.75, 3.05) is 5.75 Å². The van der Waals surface area contributed by atoms with Crippen LogP contribution in [0.4, 0.5) is 0 Å². The zero-order valence-electron chi connectivity index (χ0n) is 13.1. The van der Waals surface area contributed by atoms with E-state index in [2.05, 4.69) is 9.97 Å². The first-order valence-corrected chi connectivity index (χ1v) is 7.88. The van der Waals surface area contributed by atoms with Crippen molar-refractivity contribution in [2.45, 2.75) is 45.8 Å². The molecule has 1 aromatic rings. The SMILES string of the molecule is CC(=O)SCC(=Cc1cnc[nH]1)B1OC(C)(C)C(C)(C)O1. The summed E-state index contributed by atoms with van der Waals surface area (Å²) >= 11 is 1.25. The number of imidazole rings is 1. The zero-order valence-corrected chi connectivity index (χ0v) is 13.9. The molecule has 0 aliphatic carbocycles. The summed E-state index contributed by atoms with van der Waals surface area (Å²) in [6.45, 7) is 9.61. The van der Waals surface area contributed by atoms with Crippen LogP contribution in [0.5, 0.6) is 0 Å². The van der Waals surface area contributed by atoms with E-state index in [1.54, 1.807) is 19.4 Å². The summed E-state index contributed by atoms with van der Waals surface area (Å²) in [5.41, 5.74) is 0.985. The minimum atomic E-state index is -0.454. The van der Waals surface area contributed by atoms with Crippen LogP contribution in [0.2, 0.25) is 0 Å². The molecule has 0 bridgehead atoms. The van der Waals surface area contributed by atoms with Gasteiger partial charge in [0.25, 0.3) is 0 Å². The lowest BCUT2D eigenvalue weighted by molar-refractivity contribution is -0.109. The lowest BCUT2D eigenvalue weighted by Crippen LogP contribution is -2.41. The maximum atomic E-state index is 11.3. The van der Waals surface area contributed by atoms with E-state index in [0.717, 1.165) is 11.2 Å². The fourth-order valence-electron chi connectivity index (χ4n) is 1.90. The largest absolute Gasteiger partial charge is 0.491 e. The number of thioether (sulfide) groups is 1. The third kappa shape index (κ3) is 3.78. The van der Waals surface area contributed by atoms with Crippen molar-refractivity contribution in [3.8, 4) is 0 Å². The highest BCUT2D eigenvalue weighted by molar-refractivity contribution is 8.13. The van der Waals surface area contributed by atoms with Crippen LogP contribution in [-0.4, -0.2) is 39.2 Å². The Bertz CT molecular complexity index is 524. The van der Waals surface area contributed by atoms with Crippen LogP contribution in [0.25, 0.3) is 6.08 Å². The topological polar surface area (TPSA) is 64.2 Å². The highest BCUT2D eigenvalue weighted by atomic mass is 32.2. The number of nitrogens with zero attached hydrogens (tertiary/aromatic N) is 1. The van der Waals surface area contributed by atoms with Crippen LogP contribution in [0.3, 0.4) is 0 Å². The predicted molar refractivity (Wildman–Crippen MR) is 85.8 cm³/mol. The predicted octanol–water partition coefficient (Wildman–Crippen LogP) is 2.70. The molecule has 0 saturated carbocycles. The molecule has 1 N–H and O–H groups in total. The minimum absolute atomic E-state index is 0.0713. The number of carbonyl (C=O) groups excluding carboxylic acids is 1. The van der Waals surface area contributed by atoms with Crippen molar-refractivity contribution in [1.29, 1.82) is 0 Å². The van der Waals surface area contributed by atoms with Crippen LogP contribution in [0, 0.1) is 0 Å². The summed E-state index contributed by atoms with van der Waals surface area (Å²) in [6.07, 6.45) is 5.28. The molecule has 0 amide bonds. The van der Waals surface area contributed by atoms with Gasteiger partial charge in [0.2, 0.25) is 0 Å². The minimum Gasteiger partial charge on any atom is -0.400 e. The monoisotopic (exact) mass is 308 g/mol. The van der Waals surface area contributed by atoms with Crippen molar-refractivity contribution < 1.29 is 14.1 Å². The summed E-state index contributed by atoms with van der Waals surface area (Å²) in [5, 5.41) is 0.0713. The van der Waals surface area contributed by atoms with Gasteiger partial charge >= 0.3 is 7.12 Å². The van der Waals surface area contributed by atoms with Gasteiger partial charge in [-0.15, -0.1) is 0 Å². The number of nitrogens with one attached hydrogen (secondary N) is 1. The number of hydrogen-bond donors (Lipinski definition) is 1. The molecule has 1 fully saturated rings. The second-order valence-corrected chi connectivity index (χ2v) is 7.25. The molecule has 1 saturated heterocycles. The Hall–Kier alpha value is -1.05. The summed E-state index contributed by atoms with van der Waals surface area (Å²) in [5.74, 6) is 0.533. The molecule has 0 atom stereocenters. The summed E-state index contributed by atoms with van der Waals surface area (Å²) in [6, 6.07) is 0. The molecule has 7 heteroatoms. The molecule has 1 aromatic heterocycles. The van der Waals surface area contributed by atoms with Crippen LogP contribution in [0.1, 0.15) is 40.3 Å². The molecule has 0 spiro atoms. The molecular weight excluding hydrogens is 287 g/mol. The first-order chi connectivity index (χ1) is 9.71. The second kappa shape index (κ2) is 5.98. The lowest BCUT2D eigenvalue weighted by Gasteiger charge is -2.32. The molecule has 21 heavy (non-hydrogen) atoms. The van der Waals surface area contributed by atoms with Gasteiger partial charge in [-0.25, -0.2) is 4.98 Å². The Kier molecular flexibility index (Phi) is 4.65. The summed E-state index contributed by atoms with van der Waals surface area (Å²) in [4.78, 5) is 18.3. The van der Waals surface area contributed by atoms with Gasteiger partial charge < -0.3 is 14.3 Å².